The van der Waals surface area contributed by atoms with Crippen molar-refractivity contribution in [2.45, 2.75) is 38.0 Å². The van der Waals surface area contributed by atoms with Gasteiger partial charge in [0.15, 0.2) is 5.79 Å². The van der Waals surface area contributed by atoms with Crippen LogP contribution in [0.1, 0.15) is 25.3 Å². The van der Waals surface area contributed by atoms with Gasteiger partial charge in [-0.15, -0.1) is 0 Å². The second-order valence-electron chi connectivity index (χ2n) is 5.71. The number of hydrogen-bond acceptors (Lipinski definition) is 4. The number of carbonyl (C=O) groups is 1. The van der Waals surface area contributed by atoms with E-state index in [2.05, 4.69) is 12.1 Å². The average Bonchev–Trinajstić information content (AvgIpc) is 3.00. The van der Waals surface area contributed by atoms with Crippen LogP contribution in [0.5, 0.6) is 0 Å². The van der Waals surface area contributed by atoms with Crippen LogP contribution in [0.3, 0.4) is 0 Å². The van der Waals surface area contributed by atoms with Gasteiger partial charge in [-0.3, -0.25) is 4.90 Å². The summed E-state index contributed by atoms with van der Waals surface area (Å²) >= 11 is 0. The molecule has 1 aromatic rings. The van der Waals surface area contributed by atoms with E-state index in [0.29, 0.717) is 32.8 Å². The van der Waals surface area contributed by atoms with Crippen LogP contribution >= 0.6 is 0 Å². The van der Waals surface area contributed by atoms with Gasteiger partial charge in [0.1, 0.15) is 0 Å². The first-order valence-corrected chi connectivity index (χ1v) is 8.00. The van der Waals surface area contributed by atoms with Crippen LogP contribution in [0.25, 0.3) is 0 Å². The average molecular weight is 305 g/mol. The molecule has 1 spiro atoms. The Morgan fingerprint density at radius 3 is 2.73 bits per heavy atom. The number of nitrogens with zero attached hydrogens (tertiary/aromatic N) is 1. The summed E-state index contributed by atoms with van der Waals surface area (Å²) in [5.74, 6) is -0.680. The fourth-order valence-corrected chi connectivity index (χ4v) is 3.39. The molecule has 2 heterocycles. The molecule has 2 fully saturated rings. The minimum Gasteiger partial charge on any atom is -0.450 e. The van der Waals surface area contributed by atoms with Gasteiger partial charge in [-0.05, 0) is 25.3 Å². The molecule has 3 rings (SSSR count). The maximum atomic E-state index is 12.3. The Balaban J connectivity index is 1.86. The normalized spacial score (nSPS) is 23.7. The molecule has 1 atom stereocenters. The van der Waals surface area contributed by atoms with Crippen LogP contribution in [-0.2, 0) is 20.6 Å². The molecule has 1 aromatic carbocycles. The van der Waals surface area contributed by atoms with Crippen molar-refractivity contribution in [2.24, 2.45) is 0 Å². The molecule has 0 aliphatic carbocycles. The number of rotatable bonds is 3. The van der Waals surface area contributed by atoms with Crippen molar-refractivity contribution in [3.63, 3.8) is 0 Å². The maximum Gasteiger partial charge on any atom is 0.410 e. The van der Waals surface area contributed by atoms with Gasteiger partial charge in [-0.25, -0.2) is 4.79 Å². The van der Waals surface area contributed by atoms with E-state index in [0.717, 1.165) is 12.8 Å². The zero-order chi connectivity index (χ0) is 15.4. The molecule has 2 aliphatic rings. The van der Waals surface area contributed by atoms with Gasteiger partial charge in [0.25, 0.3) is 0 Å². The zero-order valence-electron chi connectivity index (χ0n) is 13.0. The summed E-state index contributed by atoms with van der Waals surface area (Å²) in [6, 6.07) is 10.0. The van der Waals surface area contributed by atoms with Crippen LogP contribution in [0.4, 0.5) is 4.79 Å². The van der Waals surface area contributed by atoms with Crippen molar-refractivity contribution >= 4 is 6.09 Å². The Kier molecular flexibility index (Phi) is 4.64. The minimum atomic E-state index is -0.680. The summed E-state index contributed by atoms with van der Waals surface area (Å²) in [4.78, 5) is 14.1. The first kappa shape index (κ1) is 15.3. The third-order valence-electron chi connectivity index (χ3n) is 4.36. The van der Waals surface area contributed by atoms with Gasteiger partial charge >= 0.3 is 6.09 Å². The Morgan fingerprint density at radius 1 is 1.32 bits per heavy atom. The standard InChI is InChI=1S/C17H23NO4/c1-2-20-16(19)18-10-6-9-17(21-11-12-22-17)15(18)13-14-7-4-3-5-8-14/h3-5,7-8,15H,2,6,9-13H2,1H3. The molecule has 0 aromatic heterocycles. The van der Waals surface area contributed by atoms with E-state index < -0.39 is 5.79 Å². The van der Waals surface area contributed by atoms with E-state index in [9.17, 15) is 4.79 Å². The third kappa shape index (κ3) is 2.96. The molecule has 0 bridgehead atoms. The highest BCUT2D eigenvalue weighted by atomic mass is 16.7. The lowest BCUT2D eigenvalue weighted by Gasteiger charge is -2.45. The molecule has 0 saturated carbocycles. The van der Waals surface area contributed by atoms with Crippen molar-refractivity contribution in [3.05, 3.63) is 35.9 Å². The maximum absolute atomic E-state index is 12.3. The number of carbonyl (C=O) groups excluding carboxylic acids is 1. The smallest absolute Gasteiger partial charge is 0.410 e. The predicted octanol–water partition coefficient (Wildman–Crippen LogP) is 2.59. The van der Waals surface area contributed by atoms with Gasteiger partial charge < -0.3 is 14.2 Å². The summed E-state index contributed by atoms with van der Waals surface area (Å²) < 4.78 is 17.1. The Morgan fingerprint density at radius 2 is 2.05 bits per heavy atom. The number of hydrogen-bond donors (Lipinski definition) is 0. The lowest BCUT2D eigenvalue weighted by atomic mass is 9.90. The number of likely N-dealkylation sites (tertiary alicyclic amines) is 1. The first-order valence-electron chi connectivity index (χ1n) is 8.00. The monoisotopic (exact) mass is 305 g/mol. The number of amides is 1. The minimum absolute atomic E-state index is 0.148. The highest BCUT2D eigenvalue weighted by Gasteiger charge is 2.51. The molecule has 2 aliphatic heterocycles. The van der Waals surface area contributed by atoms with E-state index in [1.54, 1.807) is 4.90 Å². The van der Waals surface area contributed by atoms with E-state index in [-0.39, 0.29) is 12.1 Å². The SMILES string of the molecule is CCOC(=O)N1CCCC2(OCCO2)C1Cc1ccccc1. The highest BCUT2D eigenvalue weighted by Crippen LogP contribution is 2.37. The second kappa shape index (κ2) is 6.67. The molecule has 22 heavy (non-hydrogen) atoms. The number of benzene rings is 1. The van der Waals surface area contributed by atoms with Crippen molar-refractivity contribution < 1.29 is 19.0 Å². The van der Waals surface area contributed by atoms with Gasteiger partial charge in [-0.2, -0.15) is 0 Å². The Bertz CT molecular complexity index is 499. The Hall–Kier alpha value is -1.59. The lowest BCUT2D eigenvalue weighted by Crippen LogP contribution is -2.60. The van der Waals surface area contributed by atoms with E-state index in [1.807, 2.05) is 25.1 Å². The molecule has 1 amide bonds. The summed E-state index contributed by atoms with van der Waals surface area (Å²) in [6.45, 7) is 4.06. The molecule has 2 saturated heterocycles. The highest BCUT2D eigenvalue weighted by molar-refractivity contribution is 5.68. The molecular weight excluding hydrogens is 282 g/mol. The quantitative estimate of drug-likeness (QED) is 0.861. The van der Waals surface area contributed by atoms with Gasteiger partial charge in [0.2, 0.25) is 0 Å². The molecule has 5 nitrogen and oxygen atoms in total. The molecule has 5 heteroatoms. The molecule has 1 unspecified atom stereocenters. The number of ether oxygens (including phenoxy) is 3. The molecule has 0 radical (unpaired) electrons. The van der Waals surface area contributed by atoms with Crippen LogP contribution < -0.4 is 0 Å². The van der Waals surface area contributed by atoms with E-state index in [1.165, 1.54) is 5.56 Å². The fourth-order valence-electron chi connectivity index (χ4n) is 3.39. The Labute approximate surface area is 131 Å². The summed E-state index contributed by atoms with van der Waals surface area (Å²) in [7, 11) is 0. The van der Waals surface area contributed by atoms with Crippen LogP contribution in [-0.4, -0.2) is 49.2 Å². The second-order valence-corrected chi connectivity index (χ2v) is 5.71. The van der Waals surface area contributed by atoms with E-state index in [4.69, 9.17) is 14.2 Å². The van der Waals surface area contributed by atoms with Crippen molar-refractivity contribution in [2.75, 3.05) is 26.4 Å². The lowest BCUT2D eigenvalue weighted by molar-refractivity contribution is -0.216. The third-order valence-corrected chi connectivity index (χ3v) is 4.36. The molecular formula is C17H23NO4. The molecule has 0 N–H and O–H groups in total. The molecule has 120 valence electrons. The first-order chi connectivity index (χ1) is 10.7. The fraction of sp³-hybridized carbons (Fsp3) is 0.588. The van der Waals surface area contributed by atoms with E-state index >= 15 is 0 Å². The zero-order valence-corrected chi connectivity index (χ0v) is 13.0. The van der Waals surface area contributed by atoms with Crippen molar-refractivity contribution in [3.8, 4) is 0 Å². The largest absolute Gasteiger partial charge is 0.450 e. The summed E-state index contributed by atoms with van der Waals surface area (Å²) in [5, 5.41) is 0. The van der Waals surface area contributed by atoms with Gasteiger partial charge in [-0.1, -0.05) is 30.3 Å². The van der Waals surface area contributed by atoms with Crippen molar-refractivity contribution in [1.82, 2.24) is 4.90 Å². The summed E-state index contributed by atoms with van der Waals surface area (Å²) in [5.41, 5.74) is 1.17. The topological polar surface area (TPSA) is 48.0 Å². The van der Waals surface area contributed by atoms with Crippen LogP contribution in [0, 0.1) is 0 Å². The number of piperidine rings is 1. The predicted molar refractivity (Wildman–Crippen MR) is 81.5 cm³/mol. The van der Waals surface area contributed by atoms with Crippen LogP contribution in [0.2, 0.25) is 0 Å². The summed E-state index contributed by atoms with van der Waals surface area (Å²) in [6.07, 6.45) is 2.12. The van der Waals surface area contributed by atoms with Crippen molar-refractivity contribution in [1.29, 1.82) is 0 Å². The van der Waals surface area contributed by atoms with Gasteiger partial charge in [0.05, 0.1) is 25.9 Å². The van der Waals surface area contributed by atoms with Crippen LogP contribution in [0.15, 0.2) is 30.3 Å². The van der Waals surface area contributed by atoms with Gasteiger partial charge in [0, 0.05) is 13.0 Å².